The van der Waals surface area contributed by atoms with Gasteiger partial charge in [-0.05, 0) is 53.0 Å². The van der Waals surface area contributed by atoms with Crippen molar-refractivity contribution in [3.05, 3.63) is 52.5 Å². The average Bonchev–Trinajstić information content (AvgIpc) is 3.08. The van der Waals surface area contributed by atoms with Crippen LogP contribution >= 0.6 is 15.9 Å². The van der Waals surface area contributed by atoms with Crippen molar-refractivity contribution in [1.82, 2.24) is 14.9 Å². The summed E-state index contributed by atoms with van der Waals surface area (Å²) >= 11 is 3.30. The minimum atomic E-state index is 0.0696. The van der Waals surface area contributed by atoms with Gasteiger partial charge in [-0.1, -0.05) is 0 Å². The van der Waals surface area contributed by atoms with Gasteiger partial charge in [0.25, 0.3) is 5.91 Å². The summed E-state index contributed by atoms with van der Waals surface area (Å²) in [7, 11) is 0. The number of aromatic amines is 1. The van der Waals surface area contributed by atoms with Crippen LogP contribution in [0.1, 0.15) is 34.9 Å². The summed E-state index contributed by atoms with van der Waals surface area (Å²) in [6.07, 6.45) is 5.61. The van der Waals surface area contributed by atoms with Gasteiger partial charge in [-0.15, -0.1) is 0 Å². The standard InChI is InChI=1S/C14H14BrN3O/c15-13-9-10(5-7-17-13)14(19)18-8-2-4-12(18)11-3-1-6-16-11/h1,3,5-7,9,12,16H,2,4,8H2. The molecule has 0 radical (unpaired) electrons. The van der Waals surface area contributed by atoms with E-state index in [1.165, 1.54) is 0 Å². The zero-order chi connectivity index (χ0) is 13.2. The van der Waals surface area contributed by atoms with E-state index in [0.29, 0.717) is 10.2 Å². The lowest BCUT2D eigenvalue weighted by Gasteiger charge is -2.24. The molecule has 3 rings (SSSR count). The maximum absolute atomic E-state index is 12.6. The van der Waals surface area contributed by atoms with Crippen molar-refractivity contribution in [2.45, 2.75) is 18.9 Å². The molecule has 1 N–H and O–H groups in total. The molecule has 0 aromatic carbocycles. The number of amides is 1. The molecule has 2 aromatic heterocycles. The third-order valence-electron chi connectivity index (χ3n) is 3.47. The van der Waals surface area contributed by atoms with Crippen molar-refractivity contribution in [2.24, 2.45) is 0 Å². The third-order valence-corrected chi connectivity index (χ3v) is 3.90. The molecule has 3 heterocycles. The second kappa shape index (κ2) is 5.17. The first kappa shape index (κ1) is 12.4. The maximum atomic E-state index is 12.6. The van der Waals surface area contributed by atoms with Gasteiger partial charge >= 0.3 is 0 Å². The van der Waals surface area contributed by atoms with E-state index in [-0.39, 0.29) is 11.9 Å². The lowest BCUT2D eigenvalue weighted by atomic mass is 10.1. The molecule has 1 saturated heterocycles. The van der Waals surface area contributed by atoms with Crippen LogP contribution in [0, 0.1) is 0 Å². The van der Waals surface area contributed by atoms with E-state index in [0.717, 1.165) is 25.1 Å². The van der Waals surface area contributed by atoms with Crippen LogP contribution in [0.2, 0.25) is 0 Å². The van der Waals surface area contributed by atoms with Crippen molar-refractivity contribution < 1.29 is 4.79 Å². The van der Waals surface area contributed by atoms with Gasteiger partial charge in [0.15, 0.2) is 0 Å². The van der Waals surface area contributed by atoms with Gasteiger partial charge in [0.05, 0.1) is 6.04 Å². The number of nitrogens with zero attached hydrogens (tertiary/aromatic N) is 2. The Morgan fingerprint density at radius 1 is 1.47 bits per heavy atom. The minimum Gasteiger partial charge on any atom is -0.363 e. The van der Waals surface area contributed by atoms with Crippen LogP contribution in [0.4, 0.5) is 0 Å². The molecule has 98 valence electrons. The number of halogens is 1. The van der Waals surface area contributed by atoms with Crippen LogP contribution in [0.15, 0.2) is 41.3 Å². The van der Waals surface area contributed by atoms with Crippen LogP contribution in [0.3, 0.4) is 0 Å². The zero-order valence-electron chi connectivity index (χ0n) is 10.3. The van der Waals surface area contributed by atoms with Crippen molar-refractivity contribution in [1.29, 1.82) is 0 Å². The fourth-order valence-electron chi connectivity index (χ4n) is 2.59. The molecular weight excluding hydrogens is 306 g/mol. The Bertz CT molecular complexity index is 582. The van der Waals surface area contributed by atoms with Gasteiger partial charge in [0, 0.05) is 30.2 Å². The fourth-order valence-corrected chi connectivity index (χ4v) is 2.95. The van der Waals surface area contributed by atoms with E-state index < -0.39 is 0 Å². The number of hydrogen-bond acceptors (Lipinski definition) is 2. The van der Waals surface area contributed by atoms with Crippen molar-refractivity contribution >= 4 is 21.8 Å². The fraction of sp³-hybridized carbons (Fsp3) is 0.286. The first-order valence-electron chi connectivity index (χ1n) is 6.31. The van der Waals surface area contributed by atoms with Gasteiger partial charge in [-0.2, -0.15) is 0 Å². The predicted molar refractivity (Wildman–Crippen MR) is 75.7 cm³/mol. The molecule has 1 aliphatic heterocycles. The summed E-state index contributed by atoms with van der Waals surface area (Å²) in [4.78, 5) is 21.8. The highest BCUT2D eigenvalue weighted by molar-refractivity contribution is 9.10. The summed E-state index contributed by atoms with van der Waals surface area (Å²) in [6.45, 7) is 0.808. The highest BCUT2D eigenvalue weighted by Crippen LogP contribution is 2.32. The van der Waals surface area contributed by atoms with Crippen LogP contribution in [-0.2, 0) is 0 Å². The van der Waals surface area contributed by atoms with E-state index in [4.69, 9.17) is 0 Å². The Kier molecular flexibility index (Phi) is 3.38. The van der Waals surface area contributed by atoms with Gasteiger partial charge in [-0.3, -0.25) is 4.79 Å². The smallest absolute Gasteiger partial charge is 0.254 e. The number of pyridine rings is 1. The number of likely N-dealkylation sites (tertiary alicyclic amines) is 1. The molecule has 1 fully saturated rings. The molecule has 0 saturated carbocycles. The SMILES string of the molecule is O=C(c1ccnc(Br)c1)N1CCCC1c1ccc[nH]1. The third kappa shape index (κ3) is 2.42. The average molecular weight is 320 g/mol. The molecule has 1 atom stereocenters. The topological polar surface area (TPSA) is 49.0 Å². The Hall–Kier alpha value is -1.62. The molecule has 5 heteroatoms. The van der Waals surface area contributed by atoms with E-state index in [9.17, 15) is 4.79 Å². The highest BCUT2D eigenvalue weighted by Gasteiger charge is 2.31. The molecule has 0 spiro atoms. The summed E-state index contributed by atoms with van der Waals surface area (Å²) < 4.78 is 0.689. The van der Waals surface area contributed by atoms with Crippen LogP contribution in [0.25, 0.3) is 0 Å². The summed E-state index contributed by atoms with van der Waals surface area (Å²) in [6, 6.07) is 7.70. The number of aromatic nitrogens is 2. The maximum Gasteiger partial charge on any atom is 0.254 e. The molecule has 0 bridgehead atoms. The van der Waals surface area contributed by atoms with E-state index in [1.807, 2.05) is 23.2 Å². The van der Waals surface area contributed by atoms with E-state index in [2.05, 4.69) is 25.9 Å². The second-order valence-electron chi connectivity index (χ2n) is 4.65. The van der Waals surface area contributed by atoms with Crippen molar-refractivity contribution in [3.63, 3.8) is 0 Å². The number of nitrogens with one attached hydrogen (secondary N) is 1. The number of H-pyrrole nitrogens is 1. The molecule has 19 heavy (non-hydrogen) atoms. The predicted octanol–water partition coefficient (Wildman–Crippen LogP) is 3.15. The Morgan fingerprint density at radius 2 is 2.37 bits per heavy atom. The molecule has 1 unspecified atom stereocenters. The molecule has 0 aliphatic carbocycles. The number of hydrogen-bond donors (Lipinski definition) is 1. The molecule has 2 aromatic rings. The van der Waals surface area contributed by atoms with E-state index in [1.54, 1.807) is 18.3 Å². The quantitative estimate of drug-likeness (QED) is 0.864. The molecule has 1 aliphatic rings. The van der Waals surface area contributed by atoms with Gasteiger partial charge in [0.2, 0.25) is 0 Å². The van der Waals surface area contributed by atoms with Crippen LogP contribution in [0.5, 0.6) is 0 Å². The molecular formula is C14H14BrN3O. The summed E-state index contributed by atoms with van der Waals surface area (Å²) in [5, 5.41) is 0. The number of carbonyl (C=O) groups is 1. The molecule has 1 amide bonds. The summed E-state index contributed by atoms with van der Waals surface area (Å²) in [5.41, 5.74) is 1.79. The largest absolute Gasteiger partial charge is 0.363 e. The Labute approximate surface area is 120 Å². The normalized spacial score (nSPS) is 18.8. The monoisotopic (exact) mass is 319 g/mol. The van der Waals surface area contributed by atoms with Crippen LogP contribution in [-0.4, -0.2) is 27.3 Å². The van der Waals surface area contributed by atoms with Gasteiger partial charge < -0.3 is 9.88 Å². The first-order valence-corrected chi connectivity index (χ1v) is 7.11. The Morgan fingerprint density at radius 3 is 3.11 bits per heavy atom. The summed E-state index contributed by atoms with van der Waals surface area (Å²) in [5.74, 6) is 0.0696. The molecule has 4 nitrogen and oxygen atoms in total. The highest BCUT2D eigenvalue weighted by atomic mass is 79.9. The van der Waals surface area contributed by atoms with Gasteiger partial charge in [0.1, 0.15) is 4.60 Å². The second-order valence-corrected chi connectivity index (χ2v) is 5.46. The lowest BCUT2D eigenvalue weighted by molar-refractivity contribution is 0.0733. The van der Waals surface area contributed by atoms with Crippen molar-refractivity contribution in [3.8, 4) is 0 Å². The first-order chi connectivity index (χ1) is 9.25. The lowest BCUT2D eigenvalue weighted by Crippen LogP contribution is -2.30. The Balaban J connectivity index is 1.87. The number of rotatable bonds is 2. The van der Waals surface area contributed by atoms with Gasteiger partial charge in [-0.25, -0.2) is 4.98 Å². The van der Waals surface area contributed by atoms with E-state index >= 15 is 0 Å². The van der Waals surface area contributed by atoms with Crippen LogP contribution < -0.4 is 0 Å². The minimum absolute atomic E-state index is 0.0696. The van der Waals surface area contributed by atoms with Crippen molar-refractivity contribution in [2.75, 3.05) is 6.54 Å². The number of carbonyl (C=O) groups excluding carboxylic acids is 1. The zero-order valence-corrected chi connectivity index (χ0v) is 11.9.